The molecule has 180 valence electrons. The second kappa shape index (κ2) is 9.32. The molecule has 2 aromatic heterocycles. The van der Waals surface area contributed by atoms with Crippen molar-refractivity contribution in [2.75, 3.05) is 13.7 Å². The summed E-state index contributed by atoms with van der Waals surface area (Å²) in [6.07, 6.45) is 0.639. The van der Waals surface area contributed by atoms with Crippen LogP contribution in [0.25, 0.3) is 10.9 Å². The number of hydrogen-bond acceptors (Lipinski definition) is 5. The SMILES string of the molecule is COc1ccc2[nH]c3c(c2c1)CCN(C(=O)c1cc(Cl)cc(Cl)c1)C3c1ccc(COC(C)=O)o1. The van der Waals surface area contributed by atoms with E-state index in [1.165, 1.54) is 6.92 Å². The molecule has 1 N–H and O–H groups in total. The van der Waals surface area contributed by atoms with Crippen LogP contribution in [0, 0.1) is 0 Å². The Kier molecular flexibility index (Phi) is 6.21. The van der Waals surface area contributed by atoms with Crippen molar-refractivity contribution in [3.8, 4) is 5.75 Å². The van der Waals surface area contributed by atoms with E-state index in [-0.39, 0.29) is 12.5 Å². The first-order chi connectivity index (χ1) is 16.8. The lowest BCUT2D eigenvalue weighted by Gasteiger charge is -2.35. The number of benzene rings is 2. The normalized spacial score (nSPS) is 15.2. The van der Waals surface area contributed by atoms with Crippen LogP contribution in [0.4, 0.5) is 0 Å². The second-order valence-corrected chi connectivity index (χ2v) is 9.20. The van der Waals surface area contributed by atoms with Crippen LogP contribution in [0.5, 0.6) is 5.75 Å². The van der Waals surface area contributed by atoms with Crippen LogP contribution in [0.3, 0.4) is 0 Å². The third-order valence-electron chi connectivity index (χ3n) is 6.07. The Labute approximate surface area is 211 Å². The smallest absolute Gasteiger partial charge is 0.303 e. The molecule has 0 fully saturated rings. The fourth-order valence-corrected chi connectivity index (χ4v) is 5.07. The molecular formula is C26H22Cl2N2O5. The van der Waals surface area contributed by atoms with Crippen molar-refractivity contribution < 1.29 is 23.5 Å². The largest absolute Gasteiger partial charge is 0.497 e. The molecule has 7 nitrogen and oxygen atoms in total. The lowest BCUT2D eigenvalue weighted by Crippen LogP contribution is -2.40. The standard InChI is InChI=1S/C26H22Cl2N2O5/c1-14(31)34-13-19-4-6-23(35-19)25-24-20(21-12-18(33-2)3-5-22(21)29-24)7-8-30(25)26(32)15-9-16(27)11-17(28)10-15/h3-6,9-12,25,29H,7-8,13H2,1-2H3. The summed E-state index contributed by atoms with van der Waals surface area (Å²) < 4.78 is 16.6. The Balaban J connectivity index is 1.61. The summed E-state index contributed by atoms with van der Waals surface area (Å²) >= 11 is 12.4. The number of carbonyl (C=O) groups is 2. The summed E-state index contributed by atoms with van der Waals surface area (Å²) in [5.41, 5.74) is 3.28. The van der Waals surface area contributed by atoms with Gasteiger partial charge in [-0.15, -0.1) is 0 Å². The third-order valence-corrected chi connectivity index (χ3v) is 6.51. The molecule has 4 aromatic rings. The number of fused-ring (bicyclic) bond motifs is 3. The van der Waals surface area contributed by atoms with Crippen molar-refractivity contribution in [2.45, 2.75) is 26.0 Å². The highest BCUT2D eigenvalue weighted by atomic mass is 35.5. The van der Waals surface area contributed by atoms with Crippen LogP contribution in [0.15, 0.2) is 52.9 Å². The molecule has 0 radical (unpaired) electrons. The monoisotopic (exact) mass is 512 g/mol. The minimum Gasteiger partial charge on any atom is -0.497 e. The van der Waals surface area contributed by atoms with Crippen molar-refractivity contribution in [3.05, 3.63) is 86.9 Å². The average molecular weight is 513 g/mol. The highest BCUT2D eigenvalue weighted by molar-refractivity contribution is 6.35. The lowest BCUT2D eigenvalue weighted by atomic mass is 9.95. The number of H-pyrrole nitrogens is 1. The highest BCUT2D eigenvalue weighted by Crippen LogP contribution is 2.41. The fraction of sp³-hybridized carbons (Fsp3) is 0.231. The molecular weight excluding hydrogens is 491 g/mol. The minimum absolute atomic E-state index is 0.0106. The van der Waals surface area contributed by atoms with Crippen molar-refractivity contribution in [1.29, 1.82) is 0 Å². The van der Waals surface area contributed by atoms with Gasteiger partial charge in [0, 0.05) is 40.0 Å². The molecule has 9 heteroatoms. The lowest BCUT2D eigenvalue weighted by molar-refractivity contribution is -0.142. The first kappa shape index (κ1) is 23.3. The average Bonchev–Trinajstić information content (AvgIpc) is 3.45. The van der Waals surface area contributed by atoms with Crippen molar-refractivity contribution >= 4 is 46.0 Å². The topological polar surface area (TPSA) is 84.8 Å². The summed E-state index contributed by atoms with van der Waals surface area (Å²) in [6.45, 7) is 1.80. The minimum atomic E-state index is -0.534. The molecule has 3 heterocycles. The molecule has 5 rings (SSSR count). The molecule has 1 atom stereocenters. The van der Waals surface area contributed by atoms with Gasteiger partial charge in [0.05, 0.1) is 12.8 Å². The second-order valence-electron chi connectivity index (χ2n) is 8.32. The Bertz CT molecular complexity index is 1420. The molecule has 35 heavy (non-hydrogen) atoms. The molecule has 0 saturated carbocycles. The first-order valence-corrected chi connectivity index (χ1v) is 11.8. The van der Waals surface area contributed by atoms with E-state index < -0.39 is 12.0 Å². The molecule has 0 spiro atoms. The van der Waals surface area contributed by atoms with Crippen molar-refractivity contribution in [3.63, 3.8) is 0 Å². The molecule has 0 aliphatic carbocycles. The van der Waals surface area contributed by atoms with Crippen molar-refractivity contribution in [2.24, 2.45) is 0 Å². The Morgan fingerprint density at radius 3 is 2.60 bits per heavy atom. The van der Waals surface area contributed by atoms with Crippen LogP contribution in [-0.4, -0.2) is 35.4 Å². The summed E-state index contributed by atoms with van der Waals surface area (Å²) in [6, 6.07) is 13.6. The van der Waals surface area contributed by atoms with E-state index in [2.05, 4.69) is 4.98 Å². The number of rotatable bonds is 5. The maximum atomic E-state index is 13.7. The predicted octanol–water partition coefficient (Wildman–Crippen LogP) is 5.93. The number of furan rings is 1. The van der Waals surface area contributed by atoms with Gasteiger partial charge >= 0.3 is 5.97 Å². The summed E-state index contributed by atoms with van der Waals surface area (Å²) in [4.78, 5) is 30.2. The van der Waals surface area contributed by atoms with Gasteiger partial charge in [0.25, 0.3) is 5.91 Å². The van der Waals surface area contributed by atoms with Gasteiger partial charge in [-0.3, -0.25) is 9.59 Å². The predicted molar refractivity (Wildman–Crippen MR) is 132 cm³/mol. The zero-order chi connectivity index (χ0) is 24.7. The van der Waals surface area contributed by atoms with Crippen LogP contribution < -0.4 is 4.74 Å². The number of amides is 1. The number of ether oxygens (including phenoxy) is 2. The number of nitrogens with zero attached hydrogens (tertiary/aromatic N) is 1. The Morgan fingerprint density at radius 1 is 1.11 bits per heavy atom. The quantitative estimate of drug-likeness (QED) is 0.335. The molecule has 1 aliphatic rings. The van der Waals surface area contributed by atoms with Gasteiger partial charge < -0.3 is 23.8 Å². The molecule has 2 aromatic carbocycles. The van der Waals surface area contributed by atoms with Gasteiger partial charge in [0.15, 0.2) is 0 Å². The zero-order valence-electron chi connectivity index (χ0n) is 19.1. The van der Waals surface area contributed by atoms with E-state index in [0.717, 1.165) is 27.9 Å². The van der Waals surface area contributed by atoms with Gasteiger partial charge in [0.2, 0.25) is 0 Å². The molecule has 0 saturated heterocycles. The fourth-order valence-electron chi connectivity index (χ4n) is 4.54. The van der Waals surface area contributed by atoms with Crippen LogP contribution in [0.1, 0.15) is 46.1 Å². The molecule has 0 bridgehead atoms. The number of aromatic amines is 1. The van der Waals surface area contributed by atoms with Crippen LogP contribution in [0.2, 0.25) is 10.0 Å². The number of hydrogen-bond donors (Lipinski definition) is 1. The highest BCUT2D eigenvalue weighted by Gasteiger charge is 2.37. The maximum absolute atomic E-state index is 13.7. The van der Waals surface area contributed by atoms with E-state index in [9.17, 15) is 9.59 Å². The van der Waals surface area contributed by atoms with Gasteiger partial charge in [0.1, 0.15) is 29.9 Å². The maximum Gasteiger partial charge on any atom is 0.303 e. The Morgan fingerprint density at radius 2 is 1.89 bits per heavy atom. The van der Waals surface area contributed by atoms with Gasteiger partial charge in [-0.05, 0) is 60.5 Å². The first-order valence-electron chi connectivity index (χ1n) is 11.0. The van der Waals surface area contributed by atoms with E-state index in [1.807, 2.05) is 18.2 Å². The number of esters is 1. The van der Waals surface area contributed by atoms with E-state index in [4.69, 9.17) is 37.1 Å². The number of nitrogens with one attached hydrogen (secondary N) is 1. The van der Waals surface area contributed by atoms with Gasteiger partial charge in [-0.1, -0.05) is 23.2 Å². The number of carbonyl (C=O) groups excluding carboxylic acids is 2. The van der Waals surface area contributed by atoms with Gasteiger partial charge in [-0.2, -0.15) is 0 Å². The molecule has 1 aliphatic heterocycles. The van der Waals surface area contributed by atoms with Crippen LogP contribution in [-0.2, 0) is 22.6 Å². The third kappa shape index (κ3) is 4.49. The summed E-state index contributed by atoms with van der Waals surface area (Å²) in [7, 11) is 1.63. The van der Waals surface area contributed by atoms with E-state index >= 15 is 0 Å². The molecule has 1 amide bonds. The zero-order valence-corrected chi connectivity index (χ0v) is 20.6. The summed E-state index contributed by atoms with van der Waals surface area (Å²) in [5.74, 6) is 1.16. The number of halogens is 2. The van der Waals surface area contributed by atoms with E-state index in [1.54, 1.807) is 42.3 Å². The number of methoxy groups -OCH3 is 1. The van der Waals surface area contributed by atoms with Crippen molar-refractivity contribution in [1.82, 2.24) is 9.88 Å². The Hall–Kier alpha value is -3.42. The molecule has 1 unspecified atom stereocenters. The van der Waals surface area contributed by atoms with Gasteiger partial charge in [-0.25, -0.2) is 0 Å². The summed E-state index contributed by atoms with van der Waals surface area (Å²) in [5, 5.41) is 1.80. The van der Waals surface area contributed by atoms with E-state index in [0.29, 0.717) is 40.1 Å². The van der Waals surface area contributed by atoms with Crippen LogP contribution >= 0.6 is 23.2 Å². The number of aromatic nitrogens is 1.